The number of hydrogen-bond donors (Lipinski definition) is 2. The average Bonchev–Trinajstić information content (AvgIpc) is 2.74. The van der Waals surface area contributed by atoms with Crippen molar-refractivity contribution in [2.75, 3.05) is 26.1 Å². The number of benzene rings is 2. The van der Waals surface area contributed by atoms with Crippen LogP contribution >= 0.6 is 0 Å². The molecule has 1 amide bonds. The predicted octanol–water partition coefficient (Wildman–Crippen LogP) is 3.52. The monoisotopic (exact) mass is 392 g/mol. The van der Waals surface area contributed by atoms with Crippen molar-refractivity contribution in [3.05, 3.63) is 71.5 Å². The number of ether oxygens (including phenoxy) is 2. The molecule has 2 aromatic carbocycles. The highest BCUT2D eigenvalue weighted by atomic mass is 16.5. The van der Waals surface area contributed by atoms with E-state index in [9.17, 15) is 4.79 Å². The molecule has 0 unspecified atom stereocenters. The van der Waals surface area contributed by atoms with Gasteiger partial charge in [-0.3, -0.25) is 4.79 Å². The molecule has 0 fully saturated rings. The van der Waals surface area contributed by atoms with Gasteiger partial charge in [0.25, 0.3) is 5.91 Å². The minimum Gasteiger partial charge on any atom is -0.497 e. The van der Waals surface area contributed by atoms with Crippen molar-refractivity contribution < 1.29 is 14.3 Å². The third-order valence-corrected chi connectivity index (χ3v) is 4.35. The zero-order valence-corrected chi connectivity index (χ0v) is 16.7. The van der Waals surface area contributed by atoms with Gasteiger partial charge in [-0.25, -0.2) is 9.97 Å². The number of methoxy groups -OCH3 is 2. The first kappa shape index (κ1) is 20.1. The van der Waals surface area contributed by atoms with Crippen LogP contribution in [0, 0.1) is 6.92 Å². The van der Waals surface area contributed by atoms with Crippen molar-refractivity contribution in [1.29, 1.82) is 0 Å². The van der Waals surface area contributed by atoms with Gasteiger partial charge in [-0.05, 0) is 54.8 Å². The Morgan fingerprint density at radius 3 is 2.55 bits per heavy atom. The van der Waals surface area contributed by atoms with Gasteiger partial charge in [-0.2, -0.15) is 0 Å². The molecule has 3 rings (SSSR count). The summed E-state index contributed by atoms with van der Waals surface area (Å²) < 4.78 is 10.5. The van der Waals surface area contributed by atoms with Crippen molar-refractivity contribution >= 4 is 17.5 Å². The van der Waals surface area contributed by atoms with Crippen LogP contribution in [0.5, 0.6) is 11.5 Å². The third-order valence-electron chi connectivity index (χ3n) is 4.35. The molecular weight excluding hydrogens is 368 g/mol. The maximum Gasteiger partial charge on any atom is 0.270 e. The molecular formula is C22H24N4O3. The van der Waals surface area contributed by atoms with Gasteiger partial charge < -0.3 is 20.1 Å². The summed E-state index contributed by atoms with van der Waals surface area (Å²) in [6, 6.07) is 15.1. The van der Waals surface area contributed by atoms with Gasteiger partial charge in [-0.15, -0.1) is 0 Å². The molecule has 29 heavy (non-hydrogen) atoms. The molecule has 0 saturated heterocycles. The Morgan fingerprint density at radius 1 is 1.03 bits per heavy atom. The van der Waals surface area contributed by atoms with E-state index in [1.807, 2.05) is 49.4 Å². The van der Waals surface area contributed by atoms with Gasteiger partial charge in [-0.1, -0.05) is 18.2 Å². The highest BCUT2D eigenvalue weighted by Crippen LogP contribution is 2.27. The fraction of sp³-hybridized carbons (Fsp3) is 0.227. The SMILES string of the molecule is COc1ccc(CCNC(=O)c2ccnc(Nc3cc(C)ccc3OC)n2)cc1. The number of rotatable bonds is 8. The van der Waals surface area contributed by atoms with E-state index in [1.165, 1.54) is 0 Å². The van der Waals surface area contributed by atoms with E-state index < -0.39 is 0 Å². The summed E-state index contributed by atoms with van der Waals surface area (Å²) in [4.78, 5) is 21.0. The number of carbonyl (C=O) groups excluding carboxylic acids is 1. The van der Waals surface area contributed by atoms with Crippen LogP contribution in [0.2, 0.25) is 0 Å². The molecule has 0 saturated carbocycles. The standard InChI is InChI=1S/C22H24N4O3/c1-15-4-9-20(29-3)19(14-15)26-22-24-13-11-18(25-22)21(27)23-12-10-16-5-7-17(28-2)8-6-16/h4-9,11,13-14H,10,12H2,1-3H3,(H,23,27)(H,24,25,26). The molecule has 3 aromatic rings. The number of anilines is 2. The Kier molecular flexibility index (Phi) is 6.63. The van der Waals surface area contributed by atoms with E-state index in [4.69, 9.17) is 9.47 Å². The Labute approximate surface area is 170 Å². The lowest BCUT2D eigenvalue weighted by Crippen LogP contribution is -2.26. The number of aryl methyl sites for hydroxylation is 1. The highest BCUT2D eigenvalue weighted by Gasteiger charge is 2.10. The quantitative estimate of drug-likeness (QED) is 0.610. The molecule has 1 heterocycles. The Hall–Kier alpha value is -3.61. The van der Waals surface area contributed by atoms with Crippen LogP contribution in [0.1, 0.15) is 21.6 Å². The molecule has 7 nitrogen and oxygen atoms in total. The Bertz CT molecular complexity index is 974. The number of nitrogens with zero attached hydrogens (tertiary/aromatic N) is 2. The second-order valence-corrected chi connectivity index (χ2v) is 6.45. The fourth-order valence-electron chi connectivity index (χ4n) is 2.79. The van der Waals surface area contributed by atoms with Crippen LogP contribution in [0.4, 0.5) is 11.6 Å². The van der Waals surface area contributed by atoms with Gasteiger partial charge in [0.2, 0.25) is 5.95 Å². The van der Waals surface area contributed by atoms with E-state index in [-0.39, 0.29) is 5.91 Å². The fourth-order valence-corrected chi connectivity index (χ4v) is 2.79. The van der Waals surface area contributed by atoms with Crippen LogP contribution in [0.15, 0.2) is 54.7 Å². The van der Waals surface area contributed by atoms with Crippen LogP contribution in [-0.4, -0.2) is 36.6 Å². The number of nitrogens with one attached hydrogen (secondary N) is 2. The number of hydrogen-bond acceptors (Lipinski definition) is 6. The predicted molar refractivity (Wildman–Crippen MR) is 112 cm³/mol. The van der Waals surface area contributed by atoms with Crippen molar-refractivity contribution in [3.63, 3.8) is 0 Å². The highest BCUT2D eigenvalue weighted by molar-refractivity contribution is 5.92. The average molecular weight is 392 g/mol. The lowest BCUT2D eigenvalue weighted by Gasteiger charge is -2.11. The van der Waals surface area contributed by atoms with Crippen molar-refractivity contribution in [2.45, 2.75) is 13.3 Å². The van der Waals surface area contributed by atoms with Crippen LogP contribution in [-0.2, 0) is 6.42 Å². The number of aromatic nitrogens is 2. The van der Waals surface area contributed by atoms with Crippen molar-refractivity contribution in [1.82, 2.24) is 15.3 Å². The van der Waals surface area contributed by atoms with E-state index in [1.54, 1.807) is 26.5 Å². The van der Waals surface area contributed by atoms with Gasteiger partial charge >= 0.3 is 0 Å². The molecule has 0 atom stereocenters. The number of amides is 1. The Morgan fingerprint density at radius 2 is 1.83 bits per heavy atom. The molecule has 150 valence electrons. The third kappa shape index (κ3) is 5.44. The first-order valence-electron chi connectivity index (χ1n) is 9.25. The summed E-state index contributed by atoms with van der Waals surface area (Å²) in [5.74, 6) is 1.56. The van der Waals surface area contributed by atoms with E-state index in [0.717, 1.165) is 22.6 Å². The molecule has 0 bridgehead atoms. The minimum atomic E-state index is -0.250. The second kappa shape index (κ2) is 9.54. The molecule has 0 aliphatic heterocycles. The van der Waals surface area contributed by atoms with Crippen molar-refractivity contribution in [2.24, 2.45) is 0 Å². The molecule has 1 aromatic heterocycles. The minimum absolute atomic E-state index is 0.250. The topological polar surface area (TPSA) is 85.4 Å². The maximum atomic E-state index is 12.4. The van der Waals surface area contributed by atoms with Gasteiger partial charge in [0.1, 0.15) is 17.2 Å². The second-order valence-electron chi connectivity index (χ2n) is 6.45. The van der Waals surface area contributed by atoms with Gasteiger partial charge in [0.15, 0.2) is 0 Å². The summed E-state index contributed by atoms with van der Waals surface area (Å²) >= 11 is 0. The van der Waals surface area contributed by atoms with Crippen molar-refractivity contribution in [3.8, 4) is 11.5 Å². The normalized spacial score (nSPS) is 10.3. The summed E-state index contributed by atoms with van der Waals surface area (Å²) in [5, 5.41) is 6.00. The smallest absolute Gasteiger partial charge is 0.270 e. The van der Waals surface area contributed by atoms with Crippen LogP contribution in [0.3, 0.4) is 0 Å². The van der Waals surface area contributed by atoms with E-state index in [2.05, 4.69) is 20.6 Å². The van der Waals surface area contributed by atoms with Gasteiger partial charge in [0, 0.05) is 12.7 Å². The summed E-state index contributed by atoms with van der Waals surface area (Å²) in [6.07, 6.45) is 2.27. The summed E-state index contributed by atoms with van der Waals surface area (Å²) in [6.45, 7) is 2.49. The lowest BCUT2D eigenvalue weighted by atomic mass is 10.1. The first-order chi connectivity index (χ1) is 14.1. The zero-order chi connectivity index (χ0) is 20.6. The van der Waals surface area contributed by atoms with Crippen LogP contribution in [0.25, 0.3) is 0 Å². The molecule has 2 N–H and O–H groups in total. The summed E-state index contributed by atoms with van der Waals surface area (Å²) in [5.41, 5.74) is 3.22. The van der Waals surface area contributed by atoms with Crippen LogP contribution < -0.4 is 20.1 Å². The molecule has 0 aliphatic rings. The molecule has 0 aliphatic carbocycles. The molecule has 0 spiro atoms. The van der Waals surface area contributed by atoms with E-state index >= 15 is 0 Å². The molecule has 7 heteroatoms. The summed E-state index contributed by atoms with van der Waals surface area (Å²) in [7, 11) is 3.23. The first-order valence-corrected chi connectivity index (χ1v) is 9.25. The maximum absolute atomic E-state index is 12.4. The largest absolute Gasteiger partial charge is 0.497 e. The lowest BCUT2D eigenvalue weighted by molar-refractivity contribution is 0.0949. The Balaban J connectivity index is 1.61. The number of carbonyl (C=O) groups is 1. The molecule has 0 radical (unpaired) electrons. The van der Waals surface area contributed by atoms with E-state index in [0.29, 0.717) is 30.4 Å². The van der Waals surface area contributed by atoms with Gasteiger partial charge in [0.05, 0.1) is 19.9 Å². The zero-order valence-electron chi connectivity index (χ0n) is 16.7.